The number of tetrazole rings is 1. The van der Waals surface area contributed by atoms with E-state index in [1.54, 1.807) is 0 Å². The summed E-state index contributed by atoms with van der Waals surface area (Å²) in [4.78, 5) is 37.8. The van der Waals surface area contributed by atoms with E-state index in [1.165, 1.54) is 4.57 Å². The van der Waals surface area contributed by atoms with Crippen LogP contribution in [-0.4, -0.2) is 42.0 Å². The molecule has 9 nitrogen and oxygen atoms in total. The molecule has 0 radical (unpaired) electrons. The standard InChI is InChI=1S/C25H26N6O3/c1-3-8-21-22(16-32)31(23(33)9-4-2)25(34)30(21)15-17-12-13-19(18-10-6-5-7-11-18)20(14-17)24-26-28-29-27-24/h5-7,10-14,16H,3-4,8-9,15H2,1-2H3,(H,26,27,28,29). The molecule has 1 N–H and O–H groups in total. The van der Waals surface area contributed by atoms with Gasteiger partial charge < -0.3 is 0 Å². The third-order valence-corrected chi connectivity index (χ3v) is 5.69. The van der Waals surface area contributed by atoms with Gasteiger partial charge in [-0.05, 0) is 40.8 Å². The molecule has 0 aliphatic carbocycles. The Hall–Kier alpha value is -4.14. The molecule has 0 amide bonds. The number of benzene rings is 2. The van der Waals surface area contributed by atoms with Crippen LogP contribution in [-0.2, 0) is 13.0 Å². The van der Waals surface area contributed by atoms with Crippen molar-refractivity contribution in [2.24, 2.45) is 0 Å². The fourth-order valence-corrected chi connectivity index (χ4v) is 4.16. The van der Waals surface area contributed by atoms with Crippen molar-refractivity contribution in [3.8, 4) is 22.5 Å². The second-order valence-corrected chi connectivity index (χ2v) is 8.03. The van der Waals surface area contributed by atoms with Crippen molar-refractivity contribution in [2.75, 3.05) is 0 Å². The Morgan fingerprint density at radius 2 is 1.85 bits per heavy atom. The van der Waals surface area contributed by atoms with Gasteiger partial charge in [0.25, 0.3) is 0 Å². The zero-order valence-corrected chi connectivity index (χ0v) is 19.2. The number of aldehydes is 1. The average molecular weight is 459 g/mol. The zero-order chi connectivity index (χ0) is 24.1. The van der Waals surface area contributed by atoms with Crippen LogP contribution < -0.4 is 5.69 Å². The van der Waals surface area contributed by atoms with Gasteiger partial charge in [-0.25, -0.2) is 9.36 Å². The predicted octanol–water partition coefficient (Wildman–Crippen LogP) is 3.75. The molecule has 0 aliphatic heterocycles. The second kappa shape index (κ2) is 10.2. The molecule has 34 heavy (non-hydrogen) atoms. The molecule has 2 aromatic carbocycles. The fraction of sp³-hybridized carbons (Fsp3) is 0.280. The van der Waals surface area contributed by atoms with Crippen molar-refractivity contribution in [2.45, 2.75) is 46.1 Å². The number of H-pyrrole nitrogens is 1. The number of aromatic amines is 1. The first-order valence-corrected chi connectivity index (χ1v) is 11.3. The van der Waals surface area contributed by atoms with Gasteiger partial charge in [-0.2, -0.15) is 5.21 Å². The number of imidazole rings is 1. The number of aromatic nitrogens is 6. The Balaban J connectivity index is 1.83. The Morgan fingerprint density at radius 1 is 1.06 bits per heavy atom. The number of carbonyl (C=O) groups excluding carboxylic acids is 2. The summed E-state index contributed by atoms with van der Waals surface area (Å²) in [6.07, 6.45) is 2.64. The minimum absolute atomic E-state index is 0.143. The second-order valence-electron chi connectivity index (χ2n) is 8.03. The van der Waals surface area contributed by atoms with Crippen LogP contribution >= 0.6 is 0 Å². The zero-order valence-electron chi connectivity index (χ0n) is 19.2. The van der Waals surface area contributed by atoms with Crippen molar-refractivity contribution in [3.05, 3.63) is 76.0 Å². The molecule has 4 rings (SSSR count). The molecule has 0 fully saturated rings. The number of rotatable bonds is 9. The monoisotopic (exact) mass is 458 g/mol. The minimum atomic E-state index is -0.489. The van der Waals surface area contributed by atoms with E-state index in [9.17, 15) is 14.4 Å². The first-order valence-electron chi connectivity index (χ1n) is 11.3. The molecular weight excluding hydrogens is 432 g/mol. The normalized spacial score (nSPS) is 11.0. The van der Waals surface area contributed by atoms with Crippen molar-refractivity contribution < 1.29 is 9.59 Å². The molecule has 174 valence electrons. The van der Waals surface area contributed by atoms with E-state index in [0.29, 0.717) is 30.6 Å². The van der Waals surface area contributed by atoms with Gasteiger partial charge in [0.15, 0.2) is 6.29 Å². The topological polar surface area (TPSA) is 116 Å². The van der Waals surface area contributed by atoms with Gasteiger partial charge in [-0.15, -0.1) is 10.2 Å². The van der Waals surface area contributed by atoms with Gasteiger partial charge in [0.05, 0.1) is 12.2 Å². The number of nitrogens with zero attached hydrogens (tertiary/aromatic N) is 5. The van der Waals surface area contributed by atoms with Crippen LogP contribution in [0.25, 0.3) is 22.5 Å². The molecule has 9 heteroatoms. The van der Waals surface area contributed by atoms with Gasteiger partial charge in [-0.3, -0.25) is 14.2 Å². The molecule has 0 aliphatic rings. The maximum atomic E-state index is 13.3. The molecule has 0 unspecified atom stereocenters. The summed E-state index contributed by atoms with van der Waals surface area (Å²) in [5.74, 6) is 0.0729. The Labute approximate surface area is 196 Å². The summed E-state index contributed by atoms with van der Waals surface area (Å²) in [5.41, 5.74) is 3.73. The number of hydrogen-bond acceptors (Lipinski definition) is 6. The molecule has 2 heterocycles. The molecule has 0 bridgehead atoms. The maximum Gasteiger partial charge on any atom is 0.336 e. The van der Waals surface area contributed by atoms with Crippen LogP contribution in [0.2, 0.25) is 0 Å². The van der Waals surface area contributed by atoms with E-state index in [4.69, 9.17) is 0 Å². The molecule has 0 spiro atoms. The molecule has 0 atom stereocenters. The molecular formula is C25H26N6O3. The third-order valence-electron chi connectivity index (χ3n) is 5.69. The van der Waals surface area contributed by atoms with Gasteiger partial charge in [0.1, 0.15) is 5.69 Å². The highest BCUT2D eigenvalue weighted by Gasteiger charge is 2.23. The van der Waals surface area contributed by atoms with Crippen LogP contribution in [0.4, 0.5) is 0 Å². The summed E-state index contributed by atoms with van der Waals surface area (Å²) in [6, 6.07) is 15.7. The van der Waals surface area contributed by atoms with Crippen LogP contribution in [0.1, 0.15) is 59.7 Å². The lowest BCUT2D eigenvalue weighted by atomic mass is 9.97. The van der Waals surface area contributed by atoms with Crippen molar-refractivity contribution in [1.82, 2.24) is 29.8 Å². The SMILES string of the molecule is CCCC(=O)n1c(C=O)c(CCC)n(Cc2ccc(-c3ccccc3)c(-c3nn[nH]n3)c2)c1=O. The first-order chi connectivity index (χ1) is 16.6. The van der Waals surface area contributed by atoms with Gasteiger partial charge in [0.2, 0.25) is 11.7 Å². The number of nitrogens with one attached hydrogen (secondary N) is 1. The lowest BCUT2D eigenvalue weighted by Crippen LogP contribution is -2.30. The molecule has 4 aromatic rings. The van der Waals surface area contributed by atoms with Gasteiger partial charge >= 0.3 is 5.69 Å². The van der Waals surface area contributed by atoms with Crippen LogP contribution in [0.3, 0.4) is 0 Å². The number of carbonyl (C=O) groups is 2. The summed E-state index contributed by atoms with van der Waals surface area (Å²) < 4.78 is 2.55. The lowest BCUT2D eigenvalue weighted by molar-refractivity contribution is 0.0886. The third kappa shape index (κ3) is 4.36. The molecule has 0 saturated carbocycles. The summed E-state index contributed by atoms with van der Waals surface area (Å²) in [7, 11) is 0. The number of hydrogen-bond donors (Lipinski definition) is 1. The maximum absolute atomic E-state index is 13.3. The van der Waals surface area contributed by atoms with Crippen molar-refractivity contribution >= 4 is 12.2 Å². The summed E-state index contributed by atoms with van der Waals surface area (Å²) >= 11 is 0. The minimum Gasteiger partial charge on any atom is -0.296 e. The van der Waals surface area contributed by atoms with Gasteiger partial charge in [-0.1, -0.05) is 62.7 Å². The van der Waals surface area contributed by atoms with E-state index in [1.807, 2.05) is 62.4 Å². The largest absolute Gasteiger partial charge is 0.336 e. The quantitative estimate of drug-likeness (QED) is 0.382. The van der Waals surface area contributed by atoms with E-state index < -0.39 is 5.69 Å². The highest BCUT2D eigenvalue weighted by Crippen LogP contribution is 2.31. The van der Waals surface area contributed by atoms with Crippen LogP contribution in [0.15, 0.2) is 53.3 Å². The molecule has 2 aromatic heterocycles. The van der Waals surface area contributed by atoms with E-state index in [-0.39, 0.29) is 24.6 Å². The highest BCUT2D eigenvalue weighted by molar-refractivity contribution is 5.87. The van der Waals surface area contributed by atoms with Crippen molar-refractivity contribution in [1.29, 1.82) is 0 Å². The lowest BCUT2D eigenvalue weighted by Gasteiger charge is -2.12. The Kier molecular flexibility index (Phi) is 6.91. The Bertz CT molecular complexity index is 1350. The van der Waals surface area contributed by atoms with E-state index >= 15 is 0 Å². The highest BCUT2D eigenvalue weighted by atomic mass is 16.2. The summed E-state index contributed by atoms with van der Waals surface area (Å²) in [5, 5.41) is 14.5. The average Bonchev–Trinajstić information content (AvgIpc) is 3.48. The fourth-order valence-electron chi connectivity index (χ4n) is 4.16. The summed E-state index contributed by atoms with van der Waals surface area (Å²) in [6.45, 7) is 4.04. The van der Waals surface area contributed by atoms with Crippen molar-refractivity contribution in [3.63, 3.8) is 0 Å². The molecule has 0 saturated heterocycles. The van der Waals surface area contributed by atoms with Crippen LogP contribution in [0.5, 0.6) is 0 Å². The van der Waals surface area contributed by atoms with E-state index in [2.05, 4.69) is 20.6 Å². The van der Waals surface area contributed by atoms with E-state index in [0.717, 1.165) is 33.2 Å². The Morgan fingerprint density at radius 3 is 2.50 bits per heavy atom. The van der Waals surface area contributed by atoms with Gasteiger partial charge in [0, 0.05) is 12.0 Å². The first kappa shape index (κ1) is 23.0. The smallest absolute Gasteiger partial charge is 0.296 e. The van der Waals surface area contributed by atoms with Crippen LogP contribution in [0, 0.1) is 0 Å². The predicted molar refractivity (Wildman–Crippen MR) is 128 cm³/mol.